The molecule has 2 atom stereocenters. The van der Waals surface area contributed by atoms with Gasteiger partial charge in [-0.2, -0.15) is 0 Å². The van der Waals surface area contributed by atoms with Crippen LogP contribution in [-0.2, 0) is 14.8 Å². The van der Waals surface area contributed by atoms with Gasteiger partial charge in [0, 0.05) is 12.6 Å². The zero-order valence-electron chi connectivity index (χ0n) is 18.7. The van der Waals surface area contributed by atoms with Gasteiger partial charge in [0.15, 0.2) is 11.5 Å². The average molecular weight is 510 g/mol. The van der Waals surface area contributed by atoms with Crippen LogP contribution in [0.1, 0.15) is 16.8 Å². The van der Waals surface area contributed by atoms with Crippen LogP contribution in [0.4, 0.5) is 10.1 Å². The Morgan fingerprint density at radius 2 is 1.67 bits per heavy atom. The quantitative estimate of drug-likeness (QED) is 0.559. The molecule has 0 unspecified atom stereocenters. The highest BCUT2D eigenvalue weighted by Gasteiger charge is 2.44. The third kappa shape index (κ3) is 3.86. The monoisotopic (exact) mass is 509 g/mol. The van der Waals surface area contributed by atoms with E-state index in [4.69, 9.17) is 9.47 Å². The van der Waals surface area contributed by atoms with Crippen LogP contribution in [0.3, 0.4) is 0 Å². The first-order valence-electron chi connectivity index (χ1n) is 11.2. The molecule has 1 saturated heterocycles. The van der Waals surface area contributed by atoms with Gasteiger partial charge in [-0.25, -0.2) is 17.5 Å². The Labute approximate surface area is 205 Å². The number of sulfonamides is 1. The van der Waals surface area contributed by atoms with Crippen molar-refractivity contribution in [2.45, 2.75) is 23.4 Å². The lowest BCUT2D eigenvalue weighted by Gasteiger charge is -2.20. The van der Waals surface area contributed by atoms with E-state index in [2.05, 4.69) is 10.0 Å². The standard InChI is InChI=1S/C25H20FN3O6S/c26-16-3-5-18(6-4-16)36(32,33)28-17-11-21-24(30)27-20-7-1-14(9-19(20)25(31)29(21)12-17)15-2-8-22-23(10-15)35-13-34-22/h1-10,17,21,28H,11-13H2,(H,27,30)/t17-,21-/m0/s1. The van der Waals surface area contributed by atoms with Gasteiger partial charge in [-0.3, -0.25) is 9.59 Å². The number of ether oxygens (including phenoxy) is 2. The van der Waals surface area contributed by atoms with E-state index in [1.54, 1.807) is 24.3 Å². The molecule has 6 rings (SSSR count). The number of amides is 2. The summed E-state index contributed by atoms with van der Waals surface area (Å²) in [5, 5.41) is 2.80. The highest BCUT2D eigenvalue weighted by Crippen LogP contribution is 2.38. The Hall–Kier alpha value is -3.96. The second-order valence-electron chi connectivity index (χ2n) is 8.80. The second kappa shape index (κ2) is 8.32. The van der Waals surface area contributed by atoms with E-state index < -0.39 is 27.9 Å². The van der Waals surface area contributed by atoms with Crippen molar-refractivity contribution in [3.8, 4) is 22.6 Å². The molecule has 1 fully saturated rings. The largest absolute Gasteiger partial charge is 0.454 e. The lowest BCUT2D eigenvalue weighted by atomic mass is 10.0. The lowest BCUT2D eigenvalue weighted by molar-refractivity contribution is -0.119. The van der Waals surface area contributed by atoms with Crippen molar-refractivity contribution in [2.24, 2.45) is 0 Å². The van der Waals surface area contributed by atoms with Crippen LogP contribution in [0.15, 0.2) is 65.6 Å². The Kier molecular flexibility index (Phi) is 5.20. The van der Waals surface area contributed by atoms with Crippen molar-refractivity contribution >= 4 is 27.5 Å². The smallest absolute Gasteiger partial charge is 0.256 e. The molecule has 3 aromatic rings. The number of fused-ring (bicyclic) bond motifs is 3. The molecule has 0 bridgehead atoms. The molecule has 36 heavy (non-hydrogen) atoms. The van der Waals surface area contributed by atoms with E-state index >= 15 is 0 Å². The summed E-state index contributed by atoms with van der Waals surface area (Å²) in [6.07, 6.45) is 0.112. The fourth-order valence-electron chi connectivity index (χ4n) is 4.75. The summed E-state index contributed by atoms with van der Waals surface area (Å²) in [6, 6.07) is 13.6. The minimum atomic E-state index is -3.96. The first-order chi connectivity index (χ1) is 17.3. The van der Waals surface area contributed by atoms with Crippen LogP contribution in [0.25, 0.3) is 11.1 Å². The van der Waals surface area contributed by atoms with Gasteiger partial charge < -0.3 is 19.7 Å². The summed E-state index contributed by atoms with van der Waals surface area (Å²) >= 11 is 0. The van der Waals surface area contributed by atoms with Crippen LogP contribution in [0, 0.1) is 5.82 Å². The second-order valence-corrected chi connectivity index (χ2v) is 10.5. The summed E-state index contributed by atoms with van der Waals surface area (Å²) in [5.41, 5.74) is 2.27. The van der Waals surface area contributed by atoms with Crippen molar-refractivity contribution in [3.05, 3.63) is 72.0 Å². The number of hydrogen-bond acceptors (Lipinski definition) is 6. The first-order valence-corrected chi connectivity index (χ1v) is 12.7. The molecule has 184 valence electrons. The third-order valence-electron chi connectivity index (χ3n) is 6.52. The molecular formula is C25H20FN3O6S. The molecule has 0 saturated carbocycles. The number of hydrogen-bond donors (Lipinski definition) is 2. The van der Waals surface area contributed by atoms with E-state index in [0.717, 1.165) is 35.4 Å². The van der Waals surface area contributed by atoms with Crippen molar-refractivity contribution < 1.29 is 31.9 Å². The van der Waals surface area contributed by atoms with Gasteiger partial charge in [-0.15, -0.1) is 0 Å². The molecule has 3 aliphatic heterocycles. The summed E-state index contributed by atoms with van der Waals surface area (Å²) < 4.78 is 52.1. The molecule has 11 heteroatoms. The van der Waals surface area contributed by atoms with Gasteiger partial charge in [-0.1, -0.05) is 12.1 Å². The van der Waals surface area contributed by atoms with Crippen LogP contribution in [-0.4, -0.2) is 50.6 Å². The molecule has 0 radical (unpaired) electrons. The first kappa shape index (κ1) is 22.5. The molecule has 2 amide bonds. The molecule has 9 nitrogen and oxygen atoms in total. The van der Waals surface area contributed by atoms with E-state index in [9.17, 15) is 22.4 Å². The minimum Gasteiger partial charge on any atom is -0.454 e. The number of anilines is 1. The number of carbonyl (C=O) groups excluding carboxylic acids is 2. The summed E-state index contributed by atoms with van der Waals surface area (Å²) in [4.78, 5) is 27.8. The molecule has 2 N–H and O–H groups in total. The van der Waals surface area contributed by atoms with Crippen molar-refractivity contribution in [1.82, 2.24) is 9.62 Å². The maximum atomic E-state index is 13.5. The van der Waals surface area contributed by atoms with Crippen LogP contribution < -0.4 is 19.5 Å². The van der Waals surface area contributed by atoms with Gasteiger partial charge in [0.2, 0.25) is 22.7 Å². The third-order valence-corrected chi connectivity index (χ3v) is 8.06. The Bertz CT molecular complexity index is 1510. The zero-order valence-corrected chi connectivity index (χ0v) is 19.5. The maximum absolute atomic E-state index is 13.5. The molecule has 0 spiro atoms. The molecule has 0 aliphatic carbocycles. The number of nitrogens with one attached hydrogen (secondary N) is 2. The minimum absolute atomic E-state index is 0.0189. The SMILES string of the molecule is O=C1Nc2ccc(-c3ccc4c(c3)OCO4)cc2C(=O)N2C[C@@H](NS(=O)(=O)c3ccc(F)cc3)C[C@@H]12. The molecule has 3 heterocycles. The predicted molar refractivity (Wildman–Crippen MR) is 127 cm³/mol. The Morgan fingerprint density at radius 3 is 2.47 bits per heavy atom. The van der Waals surface area contributed by atoms with Crippen LogP contribution in [0.2, 0.25) is 0 Å². The lowest BCUT2D eigenvalue weighted by Crippen LogP contribution is -2.41. The van der Waals surface area contributed by atoms with E-state index in [1.165, 1.54) is 4.90 Å². The number of halogens is 1. The van der Waals surface area contributed by atoms with Crippen molar-refractivity contribution in [2.75, 3.05) is 18.7 Å². The van der Waals surface area contributed by atoms with Crippen molar-refractivity contribution in [1.29, 1.82) is 0 Å². The van der Waals surface area contributed by atoms with E-state index in [1.807, 2.05) is 12.1 Å². The van der Waals surface area contributed by atoms with Crippen LogP contribution in [0.5, 0.6) is 11.5 Å². The average Bonchev–Trinajstić information content (AvgIpc) is 3.48. The summed E-state index contributed by atoms with van der Waals surface area (Å²) in [5.74, 6) is -0.0612. The fourth-order valence-corrected chi connectivity index (χ4v) is 5.99. The van der Waals surface area contributed by atoms with Crippen molar-refractivity contribution in [3.63, 3.8) is 0 Å². The highest BCUT2D eigenvalue weighted by atomic mass is 32.2. The Morgan fingerprint density at radius 1 is 0.944 bits per heavy atom. The van der Waals surface area contributed by atoms with Gasteiger partial charge in [0.05, 0.1) is 16.1 Å². The zero-order chi connectivity index (χ0) is 25.0. The fraction of sp³-hybridized carbons (Fsp3) is 0.200. The number of benzene rings is 3. The van der Waals surface area contributed by atoms with Crippen LogP contribution >= 0.6 is 0 Å². The van der Waals surface area contributed by atoms with Gasteiger partial charge in [0.25, 0.3) is 5.91 Å². The molecule has 3 aromatic carbocycles. The Balaban J connectivity index is 1.27. The van der Waals surface area contributed by atoms with E-state index in [0.29, 0.717) is 22.7 Å². The maximum Gasteiger partial charge on any atom is 0.256 e. The molecule has 0 aromatic heterocycles. The molecule has 3 aliphatic rings. The number of nitrogens with zero attached hydrogens (tertiary/aromatic N) is 1. The van der Waals surface area contributed by atoms with Gasteiger partial charge >= 0.3 is 0 Å². The predicted octanol–water partition coefficient (Wildman–Crippen LogP) is 2.74. The van der Waals surface area contributed by atoms with Gasteiger partial charge in [0.1, 0.15) is 11.9 Å². The summed E-state index contributed by atoms with van der Waals surface area (Å²) in [6.45, 7) is 0.168. The summed E-state index contributed by atoms with van der Waals surface area (Å²) in [7, 11) is -3.96. The topological polar surface area (TPSA) is 114 Å². The normalized spacial score (nSPS) is 20.5. The van der Waals surface area contributed by atoms with E-state index in [-0.39, 0.29) is 36.5 Å². The number of carbonyl (C=O) groups is 2. The number of rotatable bonds is 4. The molecular weight excluding hydrogens is 489 g/mol. The highest BCUT2D eigenvalue weighted by molar-refractivity contribution is 7.89. The van der Waals surface area contributed by atoms with Gasteiger partial charge in [-0.05, 0) is 66.1 Å².